The number of fused-ring (bicyclic) bond motifs is 3. The van der Waals surface area contributed by atoms with E-state index in [1.54, 1.807) is 11.8 Å². The number of nitrogens with zero attached hydrogens (tertiary/aromatic N) is 2. The second kappa shape index (κ2) is 3.10. The number of ketones is 1. The summed E-state index contributed by atoms with van der Waals surface area (Å²) >= 11 is 1.62. The monoisotopic (exact) mass is 218 g/mol. The molecule has 0 bridgehead atoms. The van der Waals surface area contributed by atoms with Crippen LogP contribution in [0, 0.1) is 0 Å². The number of carbonyl (C=O) groups is 1. The Hall–Kier alpha value is -1.29. The van der Waals surface area contributed by atoms with E-state index >= 15 is 0 Å². The first-order valence-corrected chi connectivity index (χ1v) is 6.09. The molecule has 0 aromatic carbocycles. The van der Waals surface area contributed by atoms with Crippen LogP contribution < -0.4 is 0 Å². The van der Waals surface area contributed by atoms with Crippen molar-refractivity contribution in [2.75, 3.05) is 6.26 Å². The van der Waals surface area contributed by atoms with E-state index in [2.05, 4.69) is 9.55 Å². The van der Waals surface area contributed by atoms with Crippen molar-refractivity contribution >= 4 is 28.4 Å². The molecule has 1 aliphatic rings. The molecule has 0 N–H and O–H groups in total. The van der Waals surface area contributed by atoms with Gasteiger partial charge in [0.05, 0.1) is 11.2 Å². The number of hydrogen-bond acceptors (Lipinski definition) is 3. The van der Waals surface area contributed by atoms with Gasteiger partial charge in [0.15, 0.2) is 5.78 Å². The molecule has 0 unspecified atom stereocenters. The maximum atomic E-state index is 11.6. The molecule has 0 aliphatic carbocycles. The van der Waals surface area contributed by atoms with Crippen molar-refractivity contribution in [1.29, 1.82) is 0 Å². The topological polar surface area (TPSA) is 34.9 Å². The minimum atomic E-state index is 0.248. The van der Waals surface area contributed by atoms with Gasteiger partial charge in [0, 0.05) is 24.5 Å². The van der Waals surface area contributed by atoms with Crippen LogP contribution in [0.5, 0.6) is 0 Å². The van der Waals surface area contributed by atoms with Crippen LogP contribution in [0.3, 0.4) is 0 Å². The number of aromatic nitrogens is 2. The van der Waals surface area contributed by atoms with Crippen LogP contribution in [0.2, 0.25) is 0 Å². The quantitative estimate of drug-likeness (QED) is 0.689. The van der Waals surface area contributed by atoms with E-state index < -0.39 is 0 Å². The molecule has 0 radical (unpaired) electrons. The highest BCUT2D eigenvalue weighted by atomic mass is 32.2. The molecular formula is C11H10N2OS. The van der Waals surface area contributed by atoms with Crippen LogP contribution >= 0.6 is 11.8 Å². The van der Waals surface area contributed by atoms with Crippen LogP contribution in [0.1, 0.15) is 16.9 Å². The second-order valence-corrected chi connectivity index (χ2v) is 4.40. The van der Waals surface area contributed by atoms with Gasteiger partial charge in [-0.15, -0.1) is 11.8 Å². The Labute approximate surface area is 91.5 Å². The number of thioether (sulfide) groups is 1. The first-order chi connectivity index (χ1) is 7.31. The van der Waals surface area contributed by atoms with E-state index in [1.807, 2.05) is 24.6 Å². The summed E-state index contributed by atoms with van der Waals surface area (Å²) in [6.45, 7) is 0.815. The van der Waals surface area contributed by atoms with Crippen molar-refractivity contribution < 1.29 is 4.79 Å². The summed E-state index contributed by atoms with van der Waals surface area (Å²) in [6.07, 6.45) is 4.46. The molecule has 2 aromatic rings. The van der Waals surface area contributed by atoms with Crippen LogP contribution in [-0.4, -0.2) is 21.6 Å². The molecule has 3 rings (SSSR count). The lowest BCUT2D eigenvalue weighted by molar-refractivity contribution is 0.0994. The van der Waals surface area contributed by atoms with E-state index in [0.717, 1.165) is 28.2 Å². The summed E-state index contributed by atoms with van der Waals surface area (Å²) < 4.78 is 2.10. The van der Waals surface area contributed by atoms with Gasteiger partial charge in [-0.3, -0.25) is 4.79 Å². The summed E-state index contributed by atoms with van der Waals surface area (Å²) in [7, 11) is 0. The van der Waals surface area contributed by atoms with E-state index in [4.69, 9.17) is 0 Å². The van der Waals surface area contributed by atoms with E-state index in [1.165, 1.54) is 0 Å². The van der Waals surface area contributed by atoms with Crippen molar-refractivity contribution in [2.24, 2.45) is 0 Å². The number of aryl methyl sites for hydroxylation is 1. The van der Waals surface area contributed by atoms with Gasteiger partial charge in [-0.25, -0.2) is 4.98 Å². The van der Waals surface area contributed by atoms with Gasteiger partial charge in [-0.1, -0.05) is 0 Å². The molecule has 3 nitrogen and oxygen atoms in total. The number of rotatable bonds is 1. The normalized spacial score (nSPS) is 14.9. The van der Waals surface area contributed by atoms with Gasteiger partial charge in [0.25, 0.3) is 0 Å². The molecule has 2 aromatic heterocycles. The highest BCUT2D eigenvalue weighted by molar-refractivity contribution is 7.98. The first kappa shape index (κ1) is 8.97. The van der Waals surface area contributed by atoms with Crippen LogP contribution in [-0.2, 0) is 6.54 Å². The Balaban J connectivity index is 2.38. The molecule has 76 valence electrons. The molecule has 3 heterocycles. The molecule has 0 saturated carbocycles. The highest BCUT2D eigenvalue weighted by Gasteiger charge is 2.22. The van der Waals surface area contributed by atoms with Crippen molar-refractivity contribution in [1.82, 2.24) is 9.55 Å². The maximum absolute atomic E-state index is 11.6. The van der Waals surface area contributed by atoms with Crippen molar-refractivity contribution in [3.05, 3.63) is 24.0 Å². The molecule has 4 heteroatoms. The summed E-state index contributed by atoms with van der Waals surface area (Å²) in [5.74, 6) is 0.248. The van der Waals surface area contributed by atoms with Gasteiger partial charge in [0.1, 0.15) is 5.03 Å². The Bertz CT molecular complexity index is 559. The van der Waals surface area contributed by atoms with Gasteiger partial charge in [-0.05, 0) is 18.4 Å². The zero-order valence-electron chi connectivity index (χ0n) is 8.36. The average Bonchev–Trinajstić information content (AvgIpc) is 2.79. The van der Waals surface area contributed by atoms with Crippen LogP contribution in [0.15, 0.2) is 23.4 Å². The maximum Gasteiger partial charge on any atom is 0.181 e. The fraction of sp³-hybridized carbons (Fsp3) is 0.273. The van der Waals surface area contributed by atoms with Gasteiger partial charge < -0.3 is 4.57 Å². The third-order valence-electron chi connectivity index (χ3n) is 2.83. The Morgan fingerprint density at radius 1 is 1.53 bits per heavy atom. The Morgan fingerprint density at radius 2 is 2.40 bits per heavy atom. The first-order valence-electron chi connectivity index (χ1n) is 4.86. The predicted molar refractivity (Wildman–Crippen MR) is 60.5 cm³/mol. The molecule has 0 amide bonds. The lowest BCUT2D eigenvalue weighted by Gasteiger charge is -2.00. The Kier molecular flexibility index (Phi) is 1.85. The molecule has 0 fully saturated rings. The van der Waals surface area contributed by atoms with Gasteiger partial charge >= 0.3 is 0 Å². The van der Waals surface area contributed by atoms with Crippen LogP contribution in [0.4, 0.5) is 0 Å². The standard InChI is InChI=1S/C11H10N2OS/c1-15-11-7-6-9-10(14)3-5-13(9)8(7)2-4-12-11/h2,4,6H,3,5H2,1H3. The molecule has 1 aliphatic heterocycles. The minimum Gasteiger partial charge on any atom is -0.337 e. The molecule has 0 atom stereocenters. The largest absolute Gasteiger partial charge is 0.337 e. The Morgan fingerprint density at radius 3 is 3.20 bits per heavy atom. The van der Waals surface area contributed by atoms with Crippen molar-refractivity contribution in [3.63, 3.8) is 0 Å². The van der Waals surface area contributed by atoms with Crippen molar-refractivity contribution in [2.45, 2.75) is 18.0 Å². The summed E-state index contributed by atoms with van der Waals surface area (Å²) in [5.41, 5.74) is 1.98. The average molecular weight is 218 g/mol. The summed E-state index contributed by atoms with van der Waals surface area (Å²) in [5, 5.41) is 2.11. The summed E-state index contributed by atoms with van der Waals surface area (Å²) in [4.78, 5) is 15.9. The van der Waals surface area contributed by atoms with Gasteiger partial charge in [0.2, 0.25) is 0 Å². The fourth-order valence-corrected chi connectivity index (χ4v) is 2.69. The van der Waals surface area contributed by atoms with E-state index in [0.29, 0.717) is 6.42 Å². The zero-order valence-corrected chi connectivity index (χ0v) is 9.17. The molecule has 15 heavy (non-hydrogen) atoms. The number of Topliss-reactive ketones (excluding diaryl/α,β-unsaturated/α-hetero) is 1. The highest BCUT2D eigenvalue weighted by Crippen LogP contribution is 2.30. The van der Waals surface area contributed by atoms with E-state index in [9.17, 15) is 4.79 Å². The lowest BCUT2D eigenvalue weighted by atomic mass is 10.2. The SMILES string of the molecule is CSc1nccc2c1cc1n2CCC1=O. The predicted octanol–water partition coefficient (Wildman–Crippen LogP) is 2.34. The van der Waals surface area contributed by atoms with Gasteiger partial charge in [-0.2, -0.15) is 0 Å². The smallest absolute Gasteiger partial charge is 0.181 e. The second-order valence-electron chi connectivity index (χ2n) is 3.61. The third kappa shape index (κ3) is 1.14. The van der Waals surface area contributed by atoms with Crippen LogP contribution in [0.25, 0.3) is 10.9 Å². The third-order valence-corrected chi connectivity index (χ3v) is 3.55. The summed E-state index contributed by atoms with van der Waals surface area (Å²) in [6, 6.07) is 3.96. The lowest BCUT2D eigenvalue weighted by Crippen LogP contribution is -1.92. The molecule has 0 saturated heterocycles. The number of hydrogen-bond donors (Lipinski definition) is 0. The number of carbonyl (C=O) groups excluding carboxylic acids is 1. The fourth-order valence-electron chi connectivity index (χ4n) is 2.14. The zero-order chi connectivity index (χ0) is 10.4. The minimum absolute atomic E-state index is 0.248. The number of pyridine rings is 1. The van der Waals surface area contributed by atoms with Crippen molar-refractivity contribution in [3.8, 4) is 0 Å². The van der Waals surface area contributed by atoms with E-state index in [-0.39, 0.29) is 5.78 Å². The molecule has 0 spiro atoms. The molecular weight excluding hydrogens is 208 g/mol.